The topological polar surface area (TPSA) is 112 Å². The fraction of sp³-hybridized carbons (Fsp3) is 0.304. The maximum absolute atomic E-state index is 13.2. The standard InChI is InChI=1S/C23H21N3O5S/c1-4-8-31-23(29)14(10-24)21-26(5-2)20(27)18-17(19(18)32-21)15-11-25-16-9-12(22(28)30-3)6-7-13(15)16/h4,6-7,9,11,17-19,25H,1,5,8H2,2-3H3/b21-14-. The van der Waals surface area contributed by atoms with Crippen LogP contribution in [0.1, 0.15) is 28.8 Å². The Hall–Kier alpha value is -3.51. The van der Waals surface area contributed by atoms with Crippen molar-refractivity contribution in [1.82, 2.24) is 9.88 Å². The lowest BCUT2D eigenvalue weighted by Crippen LogP contribution is -2.35. The highest BCUT2D eigenvalue weighted by Crippen LogP contribution is 2.62. The van der Waals surface area contributed by atoms with Crippen LogP contribution in [0.25, 0.3) is 10.9 Å². The summed E-state index contributed by atoms with van der Waals surface area (Å²) in [5.74, 6) is -1.61. The van der Waals surface area contributed by atoms with Gasteiger partial charge in [0.1, 0.15) is 17.7 Å². The third-order valence-electron chi connectivity index (χ3n) is 5.67. The molecule has 3 atom stereocenters. The van der Waals surface area contributed by atoms with E-state index in [0.29, 0.717) is 17.1 Å². The molecule has 9 heteroatoms. The van der Waals surface area contributed by atoms with Gasteiger partial charge in [0.25, 0.3) is 0 Å². The Morgan fingerprint density at radius 1 is 1.38 bits per heavy atom. The van der Waals surface area contributed by atoms with Gasteiger partial charge in [-0.1, -0.05) is 18.7 Å². The Kier molecular flexibility index (Phi) is 5.80. The number of esters is 2. The van der Waals surface area contributed by atoms with Crippen molar-refractivity contribution < 1.29 is 23.9 Å². The number of aromatic nitrogens is 1. The number of nitrogens with zero attached hydrogens (tertiary/aromatic N) is 2. The fourth-order valence-electron chi connectivity index (χ4n) is 4.12. The Morgan fingerprint density at radius 2 is 2.16 bits per heavy atom. The van der Waals surface area contributed by atoms with Crippen molar-refractivity contribution in [2.24, 2.45) is 5.92 Å². The molecule has 2 aliphatic rings. The van der Waals surface area contributed by atoms with Gasteiger partial charge in [-0.15, -0.1) is 11.8 Å². The number of thioether (sulfide) groups is 1. The van der Waals surface area contributed by atoms with E-state index >= 15 is 0 Å². The van der Waals surface area contributed by atoms with Crippen LogP contribution in [-0.2, 0) is 19.1 Å². The van der Waals surface area contributed by atoms with Crippen molar-refractivity contribution in [3.8, 4) is 6.07 Å². The minimum absolute atomic E-state index is 0.0143. The van der Waals surface area contributed by atoms with Gasteiger partial charge >= 0.3 is 11.9 Å². The summed E-state index contributed by atoms with van der Waals surface area (Å²) in [6, 6.07) is 7.17. The van der Waals surface area contributed by atoms with E-state index in [1.807, 2.05) is 18.3 Å². The van der Waals surface area contributed by atoms with Crippen molar-refractivity contribution in [3.05, 3.63) is 58.8 Å². The molecular formula is C23H21N3O5S. The van der Waals surface area contributed by atoms with Gasteiger partial charge in [-0.25, -0.2) is 9.59 Å². The van der Waals surface area contributed by atoms with Crippen LogP contribution < -0.4 is 0 Å². The summed E-state index contributed by atoms with van der Waals surface area (Å²) in [6.45, 7) is 5.63. The third kappa shape index (κ3) is 3.46. The van der Waals surface area contributed by atoms with Gasteiger partial charge in [0.15, 0.2) is 5.57 Å². The molecule has 1 aliphatic heterocycles. The average molecular weight is 452 g/mol. The predicted octanol–water partition coefficient (Wildman–Crippen LogP) is 3.10. The molecule has 32 heavy (non-hydrogen) atoms. The van der Waals surface area contributed by atoms with Gasteiger partial charge in [0.05, 0.1) is 18.6 Å². The average Bonchev–Trinajstić information content (AvgIpc) is 3.37. The normalized spacial score (nSPS) is 23.2. The number of methoxy groups -OCH3 is 1. The van der Waals surface area contributed by atoms with Gasteiger partial charge < -0.3 is 19.4 Å². The van der Waals surface area contributed by atoms with E-state index < -0.39 is 11.9 Å². The number of hydrogen-bond acceptors (Lipinski definition) is 7. The van der Waals surface area contributed by atoms with Gasteiger partial charge in [-0.2, -0.15) is 5.26 Å². The molecule has 2 heterocycles. The minimum Gasteiger partial charge on any atom is -0.465 e. The molecule has 2 fully saturated rings. The van der Waals surface area contributed by atoms with Crippen molar-refractivity contribution in [3.63, 3.8) is 0 Å². The van der Waals surface area contributed by atoms with Gasteiger partial charge in [-0.05, 0) is 24.6 Å². The molecule has 0 bridgehead atoms. The maximum Gasteiger partial charge on any atom is 0.351 e. The number of fused-ring (bicyclic) bond motifs is 2. The number of amides is 1. The summed E-state index contributed by atoms with van der Waals surface area (Å²) < 4.78 is 9.81. The summed E-state index contributed by atoms with van der Waals surface area (Å²) >= 11 is 1.37. The lowest BCUT2D eigenvalue weighted by Gasteiger charge is -2.27. The van der Waals surface area contributed by atoms with Crippen molar-refractivity contribution in [2.75, 3.05) is 20.3 Å². The first-order chi connectivity index (χ1) is 15.5. The van der Waals surface area contributed by atoms with Gasteiger partial charge in [-0.3, -0.25) is 4.79 Å². The predicted molar refractivity (Wildman–Crippen MR) is 118 cm³/mol. The van der Waals surface area contributed by atoms with Crippen molar-refractivity contribution in [2.45, 2.75) is 18.1 Å². The molecule has 2 aromatic rings. The molecule has 4 rings (SSSR count). The Bertz CT molecular complexity index is 1210. The van der Waals surface area contributed by atoms with Crippen LogP contribution >= 0.6 is 11.8 Å². The Balaban J connectivity index is 1.67. The number of benzene rings is 1. The number of ether oxygens (including phenoxy) is 2. The van der Waals surface area contributed by atoms with Crippen LogP contribution in [0.15, 0.2) is 47.7 Å². The van der Waals surface area contributed by atoms with Crippen LogP contribution in [0.2, 0.25) is 0 Å². The first-order valence-corrected chi connectivity index (χ1v) is 10.9. The van der Waals surface area contributed by atoms with Crippen LogP contribution in [-0.4, -0.2) is 53.2 Å². The molecule has 1 aromatic carbocycles. The lowest BCUT2D eigenvalue weighted by molar-refractivity contribution is -0.137. The van der Waals surface area contributed by atoms with Gasteiger partial charge in [0, 0.05) is 34.8 Å². The molecule has 1 amide bonds. The summed E-state index contributed by atoms with van der Waals surface area (Å²) in [4.78, 5) is 42.1. The maximum atomic E-state index is 13.2. The molecule has 3 unspecified atom stereocenters. The number of carbonyl (C=O) groups excluding carboxylic acids is 3. The zero-order valence-electron chi connectivity index (χ0n) is 17.6. The molecule has 0 spiro atoms. The molecule has 164 valence electrons. The second-order valence-electron chi connectivity index (χ2n) is 7.39. The van der Waals surface area contributed by atoms with E-state index in [4.69, 9.17) is 9.47 Å². The van der Waals surface area contributed by atoms with E-state index in [1.165, 1.54) is 29.8 Å². The smallest absolute Gasteiger partial charge is 0.351 e. The van der Waals surface area contributed by atoms with Crippen molar-refractivity contribution >= 4 is 40.5 Å². The number of hydrogen-bond donors (Lipinski definition) is 1. The largest absolute Gasteiger partial charge is 0.465 e. The van der Waals surface area contributed by atoms with E-state index in [1.54, 1.807) is 19.1 Å². The quantitative estimate of drug-likeness (QED) is 0.311. The van der Waals surface area contributed by atoms with Crippen LogP contribution in [0, 0.1) is 17.2 Å². The molecule has 0 radical (unpaired) electrons. The number of nitrogens with one attached hydrogen (secondary N) is 1. The lowest BCUT2D eigenvalue weighted by atomic mass is 10.1. The molecule has 1 aliphatic carbocycles. The summed E-state index contributed by atoms with van der Waals surface area (Å²) in [6.07, 6.45) is 3.27. The zero-order valence-corrected chi connectivity index (χ0v) is 18.4. The Labute approximate surface area is 188 Å². The summed E-state index contributed by atoms with van der Waals surface area (Å²) in [5.41, 5.74) is 2.01. The monoisotopic (exact) mass is 451 g/mol. The molecule has 1 saturated heterocycles. The molecule has 1 aromatic heterocycles. The van der Waals surface area contributed by atoms with Crippen molar-refractivity contribution in [1.29, 1.82) is 5.26 Å². The van der Waals surface area contributed by atoms with Gasteiger partial charge in [0.2, 0.25) is 5.91 Å². The second kappa shape index (κ2) is 8.55. The molecule has 8 nitrogen and oxygen atoms in total. The molecule has 1 saturated carbocycles. The Morgan fingerprint density at radius 3 is 2.81 bits per heavy atom. The number of carbonyl (C=O) groups is 3. The van der Waals surface area contributed by atoms with E-state index in [2.05, 4.69) is 11.6 Å². The van der Waals surface area contributed by atoms with E-state index in [-0.39, 0.29) is 35.2 Å². The third-order valence-corrected chi connectivity index (χ3v) is 7.18. The molecular weight excluding hydrogens is 430 g/mol. The van der Waals surface area contributed by atoms with Crippen LogP contribution in [0.3, 0.4) is 0 Å². The number of rotatable bonds is 6. The van der Waals surface area contributed by atoms with E-state index in [9.17, 15) is 19.6 Å². The van der Waals surface area contributed by atoms with E-state index in [0.717, 1.165) is 16.5 Å². The second-order valence-corrected chi connectivity index (χ2v) is 8.56. The first kappa shape index (κ1) is 21.7. The fourth-order valence-corrected chi connectivity index (χ4v) is 5.77. The number of H-pyrrole nitrogens is 1. The zero-order chi connectivity index (χ0) is 23.0. The first-order valence-electron chi connectivity index (χ1n) is 10.1. The summed E-state index contributed by atoms with van der Waals surface area (Å²) in [5, 5.41) is 10.8. The van der Waals surface area contributed by atoms with Crippen LogP contribution in [0.5, 0.6) is 0 Å². The highest BCUT2D eigenvalue weighted by molar-refractivity contribution is 8.04. The summed E-state index contributed by atoms with van der Waals surface area (Å²) in [7, 11) is 1.33. The number of aromatic amines is 1. The minimum atomic E-state index is -0.765. The SMILES string of the molecule is C=CCOC(=O)/C(C#N)=C1\SC2C(C(=O)N1CC)C2c1c[nH]c2cc(C(=O)OC)ccc12. The van der Waals surface area contributed by atoms with Crippen LogP contribution in [0.4, 0.5) is 0 Å². The highest BCUT2D eigenvalue weighted by atomic mass is 32.2. The highest BCUT2D eigenvalue weighted by Gasteiger charge is 2.61. The molecule has 1 N–H and O–H groups in total. The number of nitriles is 1.